The minimum absolute atomic E-state index is 0.890. The second kappa shape index (κ2) is 10.6. The van der Waals surface area contributed by atoms with E-state index < -0.39 is 0 Å². The quantitative estimate of drug-likeness (QED) is 0.189. The van der Waals surface area contributed by atoms with Crippen molar-refractivity contribution in [3.8, 4) is 11.1 Å². The zero-order valence-corrected chi connectivity index (χ0v) is 27.6. The van der Waals surface area contributed by atoms with Gasteiger partial charge in [-0.25, -0.2) is 0 Å². The van der Waals surface area contributed by atoms with Gasteiger partial charge in [0.1, 0.15) is 22.3 Å². The van der Waals surface area contributed by atoms with Gasteiger partial charge in [0, 0.05) is 64.3 Å². The average Bonchev–Trinajstić information content (AvgIpc) is 3.85. The summed E-state index contributed by atoms with van der Waals surface area (Å²) in [5, 5.41) is 9.65. The summed E-state index contributed by atoms with van der Waals surface area (Å²) >= 11 is 1.85. The smallest absolute Gasteiger partial charge is 0.143 e. The van der Waals surface area contributed by atoms with Gasteiger partial charge in [-0.3, -0.25) is 0 Å². The Morgan fingerprint density at radius 3 is 2.00 bits per heavy atom. The summed E-state index contributed by atoms with van der Waals surface area (Å²) in [6, 6.07) is 58.2. The number of hydrogen-bond acceptors (Lipinski definition) is 4. The molecule has 11 aromatic rings. The molecule has 0 spiro atoms. The zero-order chi connectivity index (χ0) is 32.8. The van der Waals surface area contributed by atoms with Crippen molar-refractivity contribution >= 4 is 103 Å². The summed E-state index contributed by atoms with van der Waals surface area (Å²) in [7, 11) is 0. The van der Waals surface area contributed by atoms with Crippen molar-refractivity contribution in [3.05, 3.63) is 164 Å². The normalized spacial score (nSPS) is 12.0. The van der Waals surface area contributed by atoms with Gasteiger partial charge < -0.3 is 13.7 Å². The lowest BCUT2D eigenvalue weighted by atomic mass is 10.0. The standard InChI is InChI=1S/C46H27NO2S/c1-2-11-31(12-3-1)47(32-19-17-28(18-20-32)34-14-8-15-36-35-13-6-7-16-40(35)49-45(34)36)33-21-23-41-39(27-33)44-42(48-41)24-22-37-38-25-29-9-4-5-10-30(29)26-43(38)50-46(37)44/h1-27H. The molecule has 0 saturated carbocycles. The SMILES string of the molecule is c1ccc(N(c2ccc(-c3cccc4c3oc3ccccc34)cc2)c2ccc3oc4ccc5c6cc7ccccc7cc6sc5c4c3c2)cc1. The van der Waals surface area contributed by atoms with Crippen molar-refractivity contribution in [1.82, 2.24) is 0 Å². The summed E-state index contributed by atoms with van der Waals surface area (Å²) in [5.41, 5.74) is 9.06. The molecule has 3 nitrogen and oxygen atoms in total. The zero-order valence-electron chi connectivity index (χ0n) is 26.8. The van der Waals surface area contributed by atoms with Crippen LogP contribution in [0.15, 0.2) is 173 Å². The fourth-order valence-electron chi connectivity index (χ4n) is 7.70. The number of furan rings is 2. The maximum absolute atomic E-state index is 6.48. The lowest BCUT2D eigenvalue weighted by Crippen LogP contribution is -2.09. The first-order chi connectivity index (χ1) is 24.8. The van der Waals surface area contributed by atoms with Crippen molar-refractivity contribution < 1.29 is 8.83 Å². The fourth-order valence-corrected chi connectivity index (χ4v) is 8.98. The fraction of sp³-hybridized carbons (Fsp3) is 0. The molecule has 11 rings (SSSR count). The van der Waals surface area contributed by atoms with Crippen LogP contribution < -0.4 is 4.90 Å². The third kappa shape index (κ3) is 4.09. The molecule has 0 aliphatic carbocycles. The molecule has 0 bridgehead atoms. The minimum Gasteiger partial charge on any atom is -0.456 e. The monoisotopic (exact) mass is 657 g/mol. The van der Waals surface area contributed by atoms with E-state index >= 15 is 0 Å². The Hall–Kier alpha value is -6.36. The maximum atomic E-state index is 6.48. The van der Waals surface area contributed by atoms with Crippen LogP contribution in [0, 0.1) is 0 Å². The van der Waals surface area contributed by atoms with Crippen LogP contribution in [0.2, 0.25) is 0 Å². The lowest BCUT2D eigenvalue weighted by molar-refractivity contribution is 0.669. The van der Waals surface area contributed by atoms with Crippen LogP contribution in [0.4, 0.5) is 17.1 Å². The van der Waals surface area contributed by atoms with E-state index in [1.165, 1.54) is 36.3 Å². The highest BCUT2D eigenvalue weighted by atomic mass is 32.1. The number of para-hydroxylation sites is 3. The first-order valence-electron chi connectivity index (χ1n) is 16.8. The van der Waals surface area contributed by atoms with E-state index in [-0.39, 0.29) is 0 Å². The van der Waals surface area contributed by atoms with Gasteiger partial charge in [0.25, 0.3) is 0 Å². The molecule has 0 aliphatic rings. The van der Waals surface area contributed by atoms with Crippen LogP contribution in [0.3, 0.4) is 0 Å². The number of anilines is 3. The second-order valence-corrected chi connectivity index (χ2v) is 13.9. The van der Waals surface area contributed by atoms with Gasteiger partial charge in [-0.2, -0.15) is 0 Å². The van der Waals surface area contributed by atoms with Crippen LogP contribution in [0.5, 0.6) is 0 Å². The molecule has 0 N–H and O–H groups in total. The molecule has 4 heteroatoms. The van der Waals surface area contributed by atoms with Crippen molar-refractivity contribution in [3.63, 3.8) is 0 Å². The molecule has 0 amide bonds. The highest BCUT2D eigenvalue weighted by molar-refractivity contribution is 7.26. The molecular weight excluding hydrogens is 631 g/mol. The van der Waals surface area contributed by atoms with E-state index in [0.717, 1.165) is 66.7 Å². The van der Waals surface area contributed by atoms with E-state index in [4.69, 9.17) is 8.83 Å². The molecule has 0 unspecified atom stereocenters. The Morgan fingerprint density at radius 2 is 1.12 bits per heavy atom. The van der Waals surface area contributed by atoms with Crippen molar-refractivity contribution in [2.75, 3.05) is 4.90 Å². The van der Waals surface area contributed by atoms with Crippen LogP contribution in [0.25, 0.3) is 85.9 Å². The second-order valence-electron chi connectivity index (χ2n) is 12.9. The van der Waals surface area contributed by atoms with Gasteiger partial charge in [-0.05, 0) is 89.1 Å². The molecule has 8 aromatic carbocycles. The summed E-state index contributed by atoms with van der Waals surface area (Å²) in [5.74, 6) is 0. The molecule has 0 fully saturated rings. The predicted molar refractivity (Wildman–Crippen MR) is 212 cm³/mol. The first-order valence-corrected chi connectivity index (χ1v) is 17.6. The van der Waals surface area contributed by atoms with Crippen LogP contribution >= 0.6 is 11.3 Å². The van der Waals surface area contributed by atoms with E-state index in [1.54, 1.807) is 0 Å². The van der Waals surface area contributed by atoms with Crippen molar-refractivity contribution in [2.24, 2.45) is 0 Å². The first kappa shape index (κ1) is 27.6. The molecule has 0 aliphatic heterocycles. The van der Waals surface area contributed by atoms with E-state index in [9.17, 15) is 0 Å². The van der Waals surface area contributed by atoms with Crippen LogP contribution in [0.1, 0.15) is 0 Å². The van der Waals surface area contributed by atoms with Crippen LogP contribution in [-0.4, -0.2) is 0 Å². The Labute approximate surface area is 290 Å². The number of thiophene rings is 1. The number of rotatable bonds is 4. The third-order valence-electron chi connectivity index (χ3n) is 10.0. The Kier molecular flexibility index (Phi) is 5.83. The highest BCUT2D eigenvalue weighted by Crippen LogP contribution is 2.45. The highest BCUT2D eigenvalue weighted by Gasteiger charge is 2.19. The summed E-state index contributed by atoms with van der Waals surface area (Å²) in [6.45, 7) is 0. The molecule has 0 radical (unpaired) electrons. The molecule has 3 aromatic heterocycles. The summed E-state index contributed by atoms with van der Waals surface area (Å²) in [4.78, 5) is 2.32. The predicted octanol–water partition coefficient (Wildman–Crippen LogP) is 14.1. The Morgan fingerprint density at radius 1 is 0.420 bits per heavy atom. The Bertz CT molecular complexity index is 3090. The molecule has 0 atom stereocenters. The summed E-state index contributed by atoms with van der Waals surface area (Å²) in [6.07, 6.45) is 0. The topological polar surface area (TPSA) is 29.5 Å². The molecule has 3 heterocycles. The van der Waals surface area contributed by atoms with E-state index in [2.05, 4.69) is 157 Å². The molecule has 234 valence electrons. The van der Waals surface area contributed by atoms with Gasteiger partial charge in [0.15, 0.2) is 0 Å². The third-order valence-corrected chi connectivity index (χ3v) is 11.2. The molecular formula is C46H27NO2S. The van der Waals surface area contributed by atoms with Gasteiger partial charge in [-0.15, -0.1) is 11.3 Å². The van der Waals surface area contributed by atoms with Crippen molar-refractivity contribution in [1.29, 1.82) is 0 Å². The van der Waals surface area contributed by atoms with Gasteiger partial charge in [-0.1, -0.05) is 91.0 Å². The van der Waals surface area contributed by atoms with Gasteiger partial charge >= 0.3 is 0 Å². The Balaban J connectivity index is 1.07. The van der Waals surface area contributed by atoms with Crippen LogP contribution in [-0.2, 0) is 0 Å². The van der Waals surface area contributed by atoms with E-state index in [0.29, 0.717) is 0 Å². The van der Waals surface area contributed by atoms with Gasteiger partial charge in [0.2, 0.25) is 0 Å². The minimum atomic E-state index is 0.890. The van der Waals surface area contributed by atoms with E-state index in [1.807, 2.05) is 23.5 Å². The van der Waals surface area contributed by atoms with Crippen molar-refractivity contribution in [2.45, 2.75) is 0 Å². The number of benzene rings is 8. The summed E-state index contributed by atoms with van der Waals surface area (Å²) < 4.78 is 15.4. The number of fused-ring (bicyclic) bond motifs is 11. The average molecular weight is 658 g/mol. The molecule has 50 heavy (non-hydrogen) atoms. The maximum Gasteiger partial charge on any atom is 0.143 e. The number of nitrogens with zero attached hydrogens (tertiary/aromatic N) is 1. The largest absolute Gasteiger partial charge is 0.456 e. The number of hydrogen-bond donors (Lipinski definition) is 0. The molecule has 0 saturated heterocycles. The lowest BCUT2D eigenvalue weighted by Gasteiger charge is -2.25. The van der Waals surface area contributed by atoms with Gasteiger partial charge in [0.05, 0.1) is 0 Å².